The molecule has 0 bridgehead atoms. The van der Waals surface area contributed by atoms with Crippen molar-refractivity contribution in [1.29, 1.82) is 0 Å². The Hall–Kier alpha value is -0.560. The van der Waals surface area contributed by atoms with Gasteiger partial charge >= 0.3 is 0 Å². The maximum absolute atomic E-state index is 13.3. The van der Waals surface area contributed by atoms with Crippen LogP contribution in [0.25, 0.3) is 0 Å². The Morgan fingerprint density at radius 2 is 1.69 bits per heavy atom. The molecule has 2 saturated carbocycles. The Morgan fingerprint density at radius 3 is 1.94 bits per heavy atom. The van der Waals surface area contributed by atoms with Gasteiger partial charge in [0, 0.05) is 25.4 Å². The molecule has 0 aromatic heterocycles. The fraction of sp³-hybridized carbons (Fsp3) is 0.750. The first-order chi connectivity index (χ1) is 7.51. The maximum atomic E-state index is 13.3. The Bertz CT molecular complexity index is 362. The fourth-order valence-corrected chi connectivity index (χ4v) is 6.84. The van der Waals surface area contributed by atoms with Gasteiger partial charge in [-0.2, -0.15) is 0 Å². The van der Waals surface area contributed by atoms with E-state index >= 15 is 0 Å². The van der Waals surface area contributed by atoms with Crippen molar-refractivity contribution in [2.45, 2.75) is 43.9 Å². The summed E-state index contributed by atoms with van der Waals surface area (Å²) in [5.41, 5.74) is 2.71. The standard InChI is InChI=1S/C12H21N2OP/c1-9(13-2)12(14(3)4)16(15,10-5-6-10)11-7-8-11/h10-11H,2,5-8H2,1,3-4H3/b12-9+. The molecule has 0 radical (unpaired) electrons. The molecule has 4 heteroatoms. The zero-order valence-corrected chi connectivity index (χ0v) is 11.3. The van der Waals surface area contributed by atoms with Crippen molar-refractivity contribution in [3.63, 3.8) is 0 Å². The highest BCUT2D eigenvalue weighted by Crippen LogP contribution is 2.75. The molecule has 0 unspecified atom stereocenters. The molecular weight excluding hydrogens is 219 g/mol. The molecule has 2 aliphatic carbocycles. The van der Waals surface area contributed by atoms with Crippen LogP contribution in [-0.2, 0) is 4.57 Å². The van der Waals surface area contributed by atoms with E-state index in [1.807, 2.05) is 25.9 Å². The summed E-state index contributed by atoms with van der Waals surface area (Å²) in [5, 5.41) is 0. The van der Waals surface area contributed by atoms with Crippen LogP contribution >= 0.6 is 7.14 Å². The molecule has 2 rings (SSSR count). The number of rotatable bonds is 5. The maximum Gasteiger partial charge on any atom is 0.138 e. The van der Waals surface area contributed by atoms with Crippen molar-refractivity contribution in [3.8, 4) is 0 Å². The molecule has 0 saturated heterocycles. The lowest BCUT2D eigenvalue weighted by atomic mass is 10.5. The largest absolute Gasteiger partial charge is 0.373 e. The summed E-state index contributed by atoms with van der Waals surface area (Å²) in [5.74, 6) is 0. The molecule has 0 aliphatic heterocycles. The normalized spacial score (nSPS) is 22.7. The van der Waals surface area contributed by atoms with E-state index in [1.54, 1.807) is 0 Å². The highest BCUT2D eigenvalue weighted by Gasteiger charge is 2.54. The third-order valence-corrected chi connectivity index (χ3v) is 8.08. The molecule has 0 atom stereocenters. The van der Waals surface area contributed by atoms with Gasteiger partial charge in [-0.3, -0.25) is 4.99 Å². The van der Waals surface area contributed by atoms with E-state index in [1.165, 1.54) is 0 Å². The van der Waals surface area contributed by atoms with Crippen molar-refractivity contribution in [2.75, 3.05) is 14.1 Å². The van der Waals surface area contributed by atoms with Gasteiger partial charge < -0.3 is 9.46 Å². The van der Waals surface area contributed by atoms with Crippen molar-refractivity contribution in [1.82, 2.24) is 4.90 Å². The van der Waals surface area contributed by atoms with Gasteiger partial charge in [0.15, 0.2) is 0 Å². The van der Waals surface area contributed by atoms with E-state index in [4.69, 9.17) is 0 Å². The van der Waals surface area contributed by atoms with Crippen molar-refractivity contribution in [2.24, 2.45) is 4.99 Å². The van der Waals surface area contributed by atoms with E-state index in [0.717, 1.165) is 36.8 Å². The summed E-state index contributed by atoms with van der Waals surface area (Å²) in [7, 11) is 1.74. The first-order valence-corrected chi connectivity index (χ1v) is 7.81. The van der Waals surface area contributed by atoms with Crippen LogP contribution in [0.3, 0.4) is 0 Å². The topological polar surface area (TPSA) is 32.7 Å². The van der Waals surface area contributed by atoms with E-state index in [9.17, 15) is 4.57 Å². The third-order valence-electron chi connectivity index (χ3n) is 3.49. The highest BCUT2D eigenvalue weighted by molar-refractivity contribution is 7.70. The van der Waals surface area contributed by atoms with Gasteiger partial charge in [0.1, 0.15) is 7.14 Å². The Morgan fingerprint density at radius 1 is 1.25 bits per heavy atom. The lowest BCUT2D eigenvalue weighted by Crippen LogP contribution is -2.17. The van der Waals surface area contributed by atoms with E-state index in [2.05, 4.69) is 11.7 Å². The number of hydrogen-bond donors (Lipinski definition) is 0. The molecule has 0 amide bonds. The minimum absolute atomic E-state index is 0.439. The SMILES string of the molecule is C=N/C(C)=C(\N(C)C)P(=O)(C1CC1)C1CC1. The monoisotopic (exact) mass is 240 g/mol. The van der Waals surface area contributed by atoms with Gasteiger partial charge in [0.2, 0.25) is 0 Å². The molecule has 0 N–H and O–H groups in total. The first kappa shape index (κ1) is 11.9. The molecular formula is C12H21N2OP. The number of aliphatic imine (C=N–C) groups is 1. The van der Waals surface area contributed by atoms with Gasteiger partial charge in [-0.15, -0.1) is 0 Å². The lowest BCUT2D eigenvalue weighted by molar-refractivity contribution is 0.513. The zero-order valence-electron chi connectivity index (χ0n) is 10.4. The van der Waals surface area contributed by atoms with Crippen LogP contribution in [0.4, 0.5) is 0 Å². The number of nitrogens with zero attached hydrogens (tertiary/aromatic N) is 2. The van der Waals surface area contributed by atoms with Crippen LogP contribution in [0.1, 0.15) is 32.6 Å². The third kappa shape index (κ3) is 1.86. The Kier molecular flexibility index (Phi) is 3.00. The number of hydrogen-bond acceptors (Lipinski definition) is 3. The fourth-order valence-electron chi connectivity index (χ4n) is 2.52. The molecule has 0 aromatic rings. The molecule has 2 fully saturated rings. The van der Waals surface area contributed by atoms with Crippen molar-refractivity contribution < 1.29 is 4.57 Å². The Balaban J connectivity index is 2.44. The van der Waals surface area contributed by atoms with Crippen LogP contribution in [0, 0.1) is 0 Å². The predicted molar refractivity (Wildman–Crippen MR) is 69.6 cm³/mol. The summed E-state index contributed by atoms with van der Waals surface area (Å²) >= 11 is 0. The molecule has 90 valence electrons. The van der Waals surface area contributed by atoms with Crippen LogP contribution in [-0.4, -0.2) is 37.0 Å². The smallest absolute Gasteiger partial charge is 0.138 e. The van der Waals surface area contributed by atoms with E-state index in [-0.39, 0.29) is 0 Å². The van der Waals surface area contributed by atoms with Crippen LogP contribution < -0.4 is 0 Å². The van der Waals surface area contributed by atoms with Crippen LogP contribution in [0.15, 0.2) is 16.1 Å². The summed E-state index contributed by atoms with van der Waals surface area (Å²) in [6.45, 7) is 5.51. The molecule has 0 aromatic carbocycles. The van der Waals surface area contributed by atoms with E-state index in [0.29, 0.717) is 11.3 Å². The van der Waals surface area contributed by atoms with Gasteiger partial charge in [0.05, 0.1) is 11.1 Å². The van der Waals surface area contributed by atoms with Crippen molar-refractivity contribution >= 4 is 13.9 Å². The highest BCUT2D eigenvalue weighted by atomic mass is 31.2. The second-order valence-electron chi connectivity index (χ2n) is 5.13. The first-order valence-electron chi connectivity index (χ1n) is 5.96. The summed E-state index contributed by atoms with van der Waals surface area (Å²) in [4.78, 5) is 6.01. The summed E-state index contributed by atoms with van der Waals surface area (Å²) < 4.78 is 13.3. The quantitative estimate of drug-likeness (QED) is 0.546. The molecule has 0 spiro atoms. The molecule has 0 heterocycles. The molecule has 16 heavy (non-hydrogen) atoms. The lowest BCUT2D eigenvalue weighted by Gasteiger charge is -2.28. The average molecular weight is 240 g/mol. The Labute approximate surface area is 98.0 Å². The molecule has 2 aliphatic rings. The van der Waals surface area contributed by atoms with Gasteiger partial charge in [-0.25, -0.2) is 0 Å². The summed E-state index contributed by atoms with van der Waals surface area (Å²) in [6, 6.07) is 0. The average Bonchev–Trinajstić information content (AvgIpc) is 3.04. The summed E-state index contributed by atoms with van der Waals surface area (Å²) in [6.07, 6.45) is 4.54. The second-order valence-corrected chi connectivity index (χ2v) is 8.44. The minimum atomic E-state index is -2.21. The zero-order chi connectivity index (χ0) is 11.9. The van der Waals surface area contributed by atoms with Crippen LogP contribution in [0.2, 0.25) is 0 Å². The van der Waals surface area contributed by atoms with Gasteiger partial charge in [0.25, 0.3) is 0 Å². The second kappa shape index (κ2) is 4.03. The number of allylic oxidation sites excluding steroid dienone is 1. The van der Waals surface area contributed by atoms with Crippen LogP contribution in [0.5, 0.6) is 0 Å². The molecule has 3 nitrogen and oxygen atoms in total. The van der Waals surface area contributed by atoms with Crippen molar-refractivity contribution in [3.05, 3.63) is 11.1 Å². The minimum Gasteiger partial charge on any atom is -0.373 e. The van der Waals surface area contributed by atoms with E-state index < -0.39 is 7.14 Å². The van der Waals surface area contributed by atoms with Gasteiger partial charge in [-0.05, 0) is 39.3 Å². The predicted octanol–water partition coefficient (Wildman–Crippen LogP) is 3.13. The van der Waals surface area contributed by atoms with Gasteiger partial charge in [-0.1, -0.05) is 0 Å².